The van der Waals surface area contributed by atoms with Crippen molar-refractivity contribution in [3.63, 3.8) is 0 Å². The lowest BCUT2D eigenvalue weighted by Crippen LogP contribution is -2.28. The molecule has 6 heteroatoms. The van der Waals surface area contributed by atoms with Gasteiger partial charge < -0.3 is 19.5 Å². The summed E-state index contributed by atoms with van der Waals surface area (Å²) in [4.78, 5) is 24.2. The summed E-state index contributed by atoms with van der Waals surface area (Å²) in [6.45, 7) is 2.72. The summed E-state index contributed by atoms with van der Waals surface area (Å²) in [5, 5.41) is 8.60. The van der Waals surface area contributed by atoms with Gasteiger partial charge in [-0.15, -0.1) is 0 Å². The van der Waals surface area contributed by atoms with Crippen LogP contribution in [0.1, 0.15) is 30.1 Å². The largest absolute Gasteiger partial charge is 0.493 e. The molecule has 1 amide bonds. The molecule has 0 atom stereocenters. The number of carbonyl (C=O) groups excluding carboxylic acids is 1. The van der Waals surface area contributed by atoms with Gasteiger partial charge in [-0.2, -0.15) is 0 Å². The van der Waals surface area contributed by atoms with E-state index >= 15 is 0 Å². The van der Waals surface area contributed by atoms with Gasteiger partial charge in [-0.05, 0) is 31.5 Å². The number of amides is 1. The lowest BCUT2D eigenvalue weighted by Gasteiger charge is -2.18. The van der Waals surface area contributed by atoms with E-state index in [1.165, 1.54) is 12.0 Å². The van der Waals surface area contributed by atoms with Crippen LogP contribution in [0.5, 0.6) is 11.5 Å². The maximum atomic E-state index is 12.3. The average Bonchev–Trinajstić information content (AvgIpc) is 2.46. The quantitative estimate of drug-likeness (QED) is 0.794. The fourth-order valence-electron chi connectivity index (χ4n) is 1.87. The van der Waals surface area contributed by atoms with Crippen molar-refractivity contribution in [1.82, 2.24) is 4.90 Å². The monoisotopic (exact) mass is 295 g/mol. The summed E-state index contributed by atoms with van der Waals surface area (Å²) >= 11 is 0. The number of nitrogens with zero attached hydrogens (tertiary/aromatic N) is 1. The molecule has 1 aromatic rings. The molecule has 0 spiro atoms. The van der Waals surface area contributed by atoms with E-state index in [0.29, 0.717) is 36.6 Å². The predicted octanol–water partition coefficient (Wildman–Crippen LogP) is 2.03. The molecule has 0 aromatic heterocycles. The number of benzene rings is 1. The van der Waals surface area contributed by atoms with Gasteiger partial charge in [0.15, 0.2) is 11.5 Å². The molecular formula is C15H21NO5. The second kappa shape index (κ2) is 8.14. The zero-order valence-corrected chi connectivity index (χ0v) is 12.6. The molecule has 0 aliphatic carbocycles. The number of carbonyl (C=O) groups is 2. The van der Waals surface area contributed by atoms with Crippen molar-refractivity contribution in [2.45, 2.75) is 19.8 Å². The maximum absolute atomic E-state index is 12.3. The molecule has 0 saturated heterocycles. The number of rotatable bonds is 8. The molecule has 1 N–H and O–H groups in total. The first-order valence-electron chi connectivity index (χ1n) is 6.77. The van der Waals surface area contributed by atoms with Crippen molar-refractivity contribution < 1.29 is 24.2 Å². The summed E-state index contributed by atoms with van der Waals surface area (Å²) in [6, 6.07) is 4.99. The van der Waals surface area contributed by atoms with E-state index in [0.717, 1.165) is 0 Å². The van der Waals surface area contributed by atoms with Gasteiger partial charge in [0.1, 0.15) is 0 Å². The van der Waals surface area contributed by atoms with Crippen molar-refractivity contribution >= 4 is 11.9 Å². The molecule has 1 aromatic carbocycles. The van der Waals surface area contributed by atoms with Gasteiger partial charge >= 0.3 is 5.97 Å². The SMILES string of the molecule is CCOc1cc(C(=O)N(C)CCCC(=O)O)ccc1OC. The first-order valence-corrected chi connectivity index (χ1v) is 6.77. The lowest BCUT2D eigenvalue weighted by atomic mass is 10.1. The minimum Gasteiger partial charge on any atom is -0.493 e. The molecule has 0 saturated carbocycles. The molecular weight excluding hydrogens is 274 g/mol. The molecule has 0 bridgehead atoms. The van der Waals surface area contributed by atoms with Crippen molar-refractivity contribution in [3.8, 4) is 11.5 Å². The molecule has 0 aliphatic heterocycles. The second-order valence-electron chi connectivity index (χ2n) is 4.52. The Labute approximate surface area is 124 Å². The molecule has 0 aliphatic rings. The smallest absolute Gasteiger partial charge is 0.303 e. The van der Waals surface area contributed by atoms with Crippen LogP contribution in [0, 0.1) is 0 Å². The fourth-order valence-corrected chi connectivity index (χ4v) is 1.87. The first-order chi connectivity index (χ1) is 9.99. The zero-order valence-electron chi connectivity index (χ0n) is 12.6. The summed E-state index contributed by atoms with van der Waals surface area (Å²) in [7, 11) is 3.19. The molecule has 116 valence electrons. The second-order valence-corrected chi connectivity index (χ2v) is 4.52. The van der Waals surface area contributed by atoms with Crippen LogP contribution in [0.3, 0.4) is 0 Å². The number of hydrogen-bond acceptors (Lipinski definition) is 4. The summed E-state index contributed by atoms with van der Waals surface area (Å²) in [6.07, 6.45) is 0.469. The van der Waals surface area contributed by atoms with Gasteiger partial charge in [0.2, 0.25) is 0 Å². The number of carboxylic acids is 1. The van der Waals surface area contributed by atoms with E-state index < -0.39 is 5.97 Å². The number of aliphatic carboxylic acids is 1. The van der Waals surface area contributed by atoms with E-state index in [-0.39, 0.29) is 12.3 Å². The van der Waals surface area contributed by atoms with Gasteiger partial charge in [0.05, 0.1) is 13.7 Å². The van der Waals surface area contributed by atoms with Crippen LogP contribution in [0.4, 0.5) is 0 Å². The highest BCUT2D eigenvalue weighted by Crippen LogP contribution is 2.28. The van der Waals surface area contributed by atoms with Crippen LogP contribution in [-0.4, -0.2) is 49.2 Å². The van der Waals surface area contributed by atoms with Crippen LogP contribution in [0.2, 0.25) is 0 Å². The average molecular weight is 295 g/mol. The van der Waals surface area contributed by atoms with E-state index in [1.54, 1.807) is 25.2 Å². The zero-order chi connectivity index (χ0) is 15.8. The van der Waals surface area contributed by atoms with Crippen LogP contribution in [-0.2, 0) is 4.79 Å². The fraction of sp³-hybridized carbons (Fsp3) is 0.467. The van der Waals surface area contributed by atoms with Gasteiger partial charge in [-0.25, -0.2) is 0 Å². The minimum atomic E-state index is -0.862. The minimum absolute atomic E-state index is 0.0461. The summed E-state index contributed by atoms with van der Waals surface area (Å²) in [5.41, 5.74) is 0.483. The van der Waals surface area contributed by atoms with Gasteiger partial charge in [0.25, 0.3) is 5.91 Å². The summed E-state index contributed by atoms with van der Waals surface area (Å²) in [5.74, 6) is 0.0506. The highest BCUT2D eigenvalue weighted by Gasteiger charge is 2.15. The van der Waals surface area contributed by atoms with E-state index in [2.05, 4.69) is 0 Å². The Balaban J connectivity index is 2.77. The van der Waals surface area contributed by atoms with Crippen molar-refractivity contribution in [2.24, 2.45) is 0 Å². The van der Waals surface area contributed by atoms with Crippen LogP contribution in [0.15, 0.2) is 18.2 Å². The number of hydrogen-bond donors (Lipinski definition) is 1. The first kappa shape index (κ1) is 16.8. The Bertz CT molecular complexity index is 501. The number of ether oxygens (including phenoxy) is 2. The molecule has 1 rings (SSSR count). The van der Waals surface area contributed by atoms with Gasteiger partial charge in [-0.1, -0.05) is 0 Å². The van der Waals surface area contributed by atoms with Crippen molar-refractivity contribution in [2.75, 3.05) is 27.3 Å². The van der Waals surface area contributed by atoms with E-state index in [9.17, 15) is 9.59 Å². The Morgan fingerprint density at radius 3 is 2.57 bits per heavy atom. The third-order valence-electron chi connectivity index (χ3n) is 2.94. The van der Waals surface area contributed by atoms with Crippen LogP contribution in [0.25, 0.3) is 0 Å². The number of carboxylic acid groups (broad SMARTS) is 1. The number of methoxy groups -OCH3 is 1. The standard InChI is InChI=1S/C15H21NO5/c1-4-21-13-10-11(7-8-12(13)20-3)15(19)16(2)9-5-6-14(17)18/h7-8,10H,4-6,9H2,1-3H3,(H,17,18). The molecule has 21 heavy (non-hydrogen) atoms. The normalized spacial score (nSPS) is 10.0. The topological polar surface area (TPSA) is 76.1 Å². The highest BCUT2D eigenvalue weighted by molar-refractivity contribution is 5.94. The lowest BCUT2D eigenvalue weighted by molar-refractivity contribution is -0.137. The molecule has 0 heterocycles. The van der Waals surface area contributed by atoms with E-state index in [4.69, 9.17) is 14.6 Å². The summed E-state index contributed by atoms with van der Waals surface area (Å²) < 4.78 is 10.6. The van der Waals surface area contributed by atoms with Crippen LogP contribution >= 0.6 is 0 Å². The Morgan fingerprint density at radius 1 is 1.29 bits per heavy atom. The highest BCUT2D eigenvalue weighted by atomic mass is 16.5. The van der Waals surface area contributed by atoms with Crippen LogP contribution < -0.4 is 9.47 Å². The van der Waals surface area contributed by atoms with Gasteiger partial charge in [-0.3, -0.25) is 9.59 Å². The maximum Gasteiger partial charge on any atom is 0.303 e. The Hall–Kier alpha value is -2.24. The van der Waals surface area contributed by atoms with Gasteiger partial charge in [0, 0.05) is 25.6 Å². The molecule has 0 unspecified atom stereocenters. The third kappa shape index (κ3) is 4.98. The third-order valence-corrected chi connectivity index (χ3v) is 2.94. The van der Waals surface area contributed by atoms with Crippen molar-refractivity contribution in [1.29, 1.82) is 0 Å². The molecule has 0 radical (unpaired) electrons. The predicted molar refractivity (Wildman–Crippen MR) is 78.0 cm³/mol. The Morgan fingerprint density at radius 2 is 2.00 bits per heavy atom. The van der Waals surface area contributed by atoms with Crippen molar-refractivity contribution in [3.05, 3.63) is 23.8 Å². The Kier molecular flexibility index (Phi) is 6.52. The molecule has 6 nitrogen and oxygen atoms in total. The van der Waals surface area contributed by atoms with E-state index in [1.807, 2.05) is 6.92 Å². The molecule has 0 fully saturated rings.